The summed E-state index contributed by atoms with van der Waals surface area (Å²) in [6.07, 6.45) is 4.58. The highest BCUT2D eigenvalue weighted by Crippen LogP contribution is 2.34. The maximum absolute atomic E-state index is 12.3. The third kappa shape index (κ3) is 2.77. The highest BCUT2D eigenvalue weighted by Gasteiger charge is 2.19. The zero-order chi connectivity index (χ0) is 14.1. The van der Waals surface area contributed by atoms with E-state index in [-0.39, 0.29) is 5.56 Å². The summed E-state index contributed by atoms with van der Waals surface area (Å²) in [5.41, 5.74) is 1.30. The minimum atomic E-state index is 0.0433. The molecule has 0 radical (unpaired) electrons. The standard InChI is InChI=1S/C14H19N3OS2/c1-17(2)7-8-19-14-15-12(18)11-9-5-3-4-6-10(9)20-13(11)16-14/h3-8H2,1-2H3,(H,15,16,18). The van der Waals surface area contributed by atoms with Crippen LogP contribution in [0.1, 0.15) is 23.3 Å². The fraction of sp³-hybridized carbons (Fsp3) is 0.571. The zero-order valence-corrected chi connectivity index (χ0v) is 13.5. The molecule has 2 aromatic heterocycles. The van der Waals surface area contributed by atoms with E-state index >= 15 is 0 Å². The van der Waals surface area contributed by atoms with E-state index in [9.17, 15) is 4.79 Å². The van der Waals surface area contributed by atoms with Gasteiger partial charge in [-0.2, -0.15) is 0 Å². The Morgan fingerprint density at radius 3 is 2.95 bits per heavy atom. The molecule has 0 fully saturated rings. The van der Waals surface area contributed by atoms with Crippen LogP contribution in [0.5, 0.6) is 0 Å². The van der Waals surface area contributed by atoms with Crippen molar-refractivity contribution in [3.8, 4) is 0 Å². The van der Waals surface area contributed by atoms with Crippen LogP contribution in [0.15, 0.2) is 9.95 Å². The molecular formula is C14H19N3OS2. The van der Waals surface area contributed by atoms with Crippen molar-refractivity contribution in [3.05, 3.63) is 20.8 Å². The molecule has 0 aliphatic heterocycles. The van der Waals surface area contributed by atoms with E-state index < -0.39 is 0 Å². The van der Waals surface area contributed by atoms with Gasteiger partial charge in [0.15, 0.2) is 5.16 Å². The van der Waals surface area contributed by atoms with Crippen molar-refractivity contribution >= 4 is 33.3 Å². The second-order valence-electron chi connectivity index (χ2n) is 5.41. The van der Waals surface area contributed by atoms with Gasteiger partial charge in [-0.25, -0.2) is 4.98 Å². The van der Waals surface area contributed by atoms with E-state index in [0.717, 1.165) is 40.5 Å². The molecule has 0 bridgehead atoms. The van der Waals surface area contributed by atoms with Crippen LogP contribution >= 0.6 is 23.1 Å². The highest BCUT2D eigenvalue weighted by atomic mass is 32.2. The predicted molar refractivity (Wildman–Crippen MR) is 86.2 cm³/mol. The molecule has 1 aliphatic carbocycles. The third-order valence-corrected chi connectivity index (χ3v) is 5.62. The number of rotatable bonds is 4. The molecule has 0 saturated heterocycles. The molecule has 0 spiro atoms. The molecule has 2 heterocycles. The number of aromatic amines is 1. The van der Waals surface area contributed by atoms with Crippen LogP contribution in [0.2, 0.25) is 0 Å². The number of aromatic nitrogens is 2. The van der Waals surface area contributed by atoms with Gasteiger partial charge in [-0.3, -0.25) is 4.79 Å². The Kier molecular flexibility index (Phi) is 4.14. The van der Waals surface area contributed by atoms with Gasteiger partial charge in [0.1, 0.15) is 4.83 Å². The minimum absolute atomic E-state index is 0.0433. The number of aryl methyl sites for hydroxylation is 2. The van der Waals surface area contributed by atoms with Gasteiger partial charge in [-0.15, -0.1) is 11.3 Å². The largest absolute Gasteiger partial charge is 0.309 e. The normalized spacial score (nSPS) is 14.9. The molecule has 20 heavy (non-hydrogen) atoms. The fourth-order valence-electron chi connectivity index (χ4n) is 2.54. The van der Waals surface area contributed by atoms with E-state index in [0.29, 0.717) is 0 Å². The van der Waals surface area contributed by atoms with Gasteiger partial charge in [0.25, 0.3) is 5.56 Å². The molecule has 4 nitrogen and oxygen atoms in total. The number of hydrogen-bond donors (Lipinski definition) is 1. The van der Waals surface area contributed by atoms with Crippen LogP contribution in [0, 0.1) is 0 Å². The van der Waals surface area contributed by atoms with E-state index in [2.05, 4.69) is 14.9 Å². The zero-order valence-electron chi connectivity index (χ0n) is 11.9. The number of H-pyrrole nitrogens is 1. The molecule has 0 unspecified atom stereocenters. The van der Waals surface area contributed by atoms with Crippen LogP contribution in [0.4, 0.5) is 0 Å². The smallest absolute Gasteiger partial charge is 0.260 e. The number of thioether (sulfide) groups is 1. The van der Waals surface area contributed by atoms with Crippen LogP contribution in [0.25, 0.3) is 10.2 Å². The molecule has 0 amide bonds. The SMILES string of the molecule is CN(C)CCSc1nc2sc3c(c2c(=O)[nH]1)CCCC3. The lowest BCUT2D eigenvalue weighted by atomic mass is 9.97. The van der Waals surface area contributed by atoms with E-state index in [1.807, 2.05) is 14.1 Å². The Morgan fingerprint density at radius 2 is 2.15 bits per heavy atom. The summed E-state index contributed by atoms with van der Waals surface area (Å²) in [4.78, 5) is 24.3. The van der Waals surface area contributed by atoms with Crippen molar-refractivity contribution in [2.45, 2.75) is 30.8 Å². The molecule has 3 rings (SSSR count). The van der Waals surface area contributed by atoms with Crippen LogP contribution in [-0.2, 0) is 12.8 Å². The Balaban J connectivity index is 1.92. The summed E-state index contributed by atoms with van der Waals surface area (Å²) in [7, 11) is 4.10. The molecule has 0 saturated carbocycles. The van der Waals surface area contributed by atoms with Crippen molar-refractivity contribution in [2.24, 2.45) is 0 Å². The maximum Gasteiger partial charge on any atom is 0.260 e. The van der Waals surface area contributed by atoms with Crippen LogP contribution in [-0.4, -0.2) is 41.3 Å². The summed E-state index contributed by atoms with van der Waals surface area (Å²) in [5, 5.41) is 1.60. The van der Waals surface area contributed by atoms with Gasteiger partial charge in [0.05, 0.1) is 5.39 Å². The summed E-state index contributed by atoms with van der Waals surface area (Å²) in [5.74, 6) is 0.937. The summed E-state index contributed by atoms with van der Waals surface area (Å²) >= 11 is 3.33. The Hall–Kier alpha value is -0.850. The topological polar surface area (TPSA) is 49.0 Å². The lowest BCUT2D eigenvalue weighted by molar-refractivity contribution is 0.437. The van der Waals surface area contributed by atoms with E-state index in [1.54, 1.807) is 23.1 Å². The first-order chi connectivity index (χ1) is 9.65. The molecule has 108 valence electrons. The monoisotopic (exact) mass is 309 g/mol. The van der Waals surface area contributed by atoms with Gasteiger partial charge < -0.3 is 9.88 Å². The number of thiophene rings is 1. The van der Waals surface area contributed by atoms with Gasteiger partial charge >= 0.3 is 0 Å². The van der Waals surface area contributed by atoms with Crippen molar-refractivity contribution in [1.82, 2.24) is 14.9 Å². The first kappa shape index (κ1) is 14.1. The van der Waals surface area contributed by atoms with Crippen molar-refractivity contribution in [2.75, 3.05) is 26.4 Å². The number of fused-ring (bicyclic) bond motifs is 3. The summed E-state index contributed by atoms with van der Waals surface area (Å²) in [6, 6.07) is 0. The van der Waals surface area contributed by atoms with Gasteiger partial charge in [-0.05, 0) is 45.3 Å². The van der Waals surface area contributed by atoms with E-state index in [4.69, 9.17) is 0 Å². The second-order valence-corrected chi connectivity index (χ2v) is 7.58. The Morgan fingerprint density at radius 1 is 1.35 bits per heavy atom. The lowest BCUT2D eigenvalue weighted by Crippen LogP contribution is -2.16. The quantitative estimate of drug-likeness (QED) is 0.696. The molecule has 1 N–H and O–H groups in total. The number of nitrogens with zero attached hydrogens (tertiary/aromatic N) is 2. The van der Waals surface area contributed by atoms with Gasteiger partial charge in [-0.1, -0.05) is 11.8 Å². The molecule has 1 aliphatic rings. The second kappa shape index (κ2) is 5.87. The van der Waals surface area contributed by atoms with Crippen LogP contribution in [0.3, 0.4) is 0 Å². The first-order valence-corrected chi connectivity index (χ1v) is 8.77. The lowest BCUT2D eigenvalue weighted by Gasteiger charge is -2.09. The Bertz CT molecular complexity index is 675. The van der Waals surface area contributed by atoms with Crippen molar-refractivity contribution in [1.29, 1.82) is 0 Å². The average molecular weight is 309 g/mol. The van der Waals surface area contributed by atoms with Crippen LogP contribution < -0.4 is 5.56 Å². The maximum atomic E-state index is 12.3. The molecule has 2 aromatic rings. The van der Waals surface area contributed by atoms with Gasteiger partial charge in [0, 0.05) is 17.2 Å². The molecular weight excluding hydrogens is 290 g/mol. The Labute approximate surface area is 126 Å². The molecule has 6 heteroatoms. The highest BCUT2D eigenvalue weighted by molar-refractivity contribution is 7.99. The average Bonchev–Trinajstić information content (AvgIpc) is 2.76. The fourth-order valence-corrected chi connectivity index (χ4v) is 4.83. The molecule has 0 atom stereocenters. The predicted octanol–water partition coefficient (Wildman–Crippen LogP) is 2.52. The van der Waals surface area contributed by atoms with Gasteiger partial charge in [0.2, 0.25) is 0 Å². The number of hydrogen-bond acceptors (Lipinski definition) is 5. The van der Waals surface area contributed by atoms with Crippen molar-refractivity contribution < 1.29 is 0 Å². The summed E-state index contributed by atoms with van der Waals surface area (Å²) < 4.78 is 0. The minimum Gasteiger partial charge on any atom is -0.309 e. The number of nitrogens with one attached hydrogen (secondary N) is 1. The molecule has 0 aromatic carbocycles. The van der Waals surface area contributed by atoms with Crippen molar-refractivity contribution in [3.63, 3.8) is 0 Å². The van der Waals surface area contributed by atoms with E-state index in [1.165, 1.54) is 23.3 Å². The third-order valence-electron chi connectivity index (χ3n) is 3.58. The summed E-state index contributed by atoms with van der Waals surface area (Å²) in [6.45, 7) is 0.980. The first-order valence-electron chi connectivity index (χ1n) is 6.97.